The number of hydrogen-bond acceptors (Lipinski definition) is 5. The summed E-state index contributed by atoms with van der Waals surface area (Å²) in [5, 5.41) is 8.39. The van der Waals surface area contributed by atoms with Gasteiger partial charge in [-0.25, -0.2) is 4.79 Å². The molecule has 1 aromatic rings. The van der Waals surface area contributed by atoms with Gasteiger partial charge in [-0.1, -0.05) is 53.1 Å². The van der Waals surface area contributed by atoms with Gasteiger partial charge in [0.2, 0.25) is 11.8 Å². The van der Waals surface area contributed by atoms with E-state index in [0.29, 0.717) is 12.8 Å². The molecule has 0 bridgehead atoms. The van der Waals surface area contributed by atoms with E-state index in [9.17, 15) is 19.2 Å². The standard InChI is InChI=1S/C27H36BrN3O5/c1-26(2,3)36-25(35)30-21-13-8-6-4-5-7-11-19-16-27(19,17-32)31-24(34)22(29-23(21)33)15-18-10-9-12-20(28)14-18/h7,9-12,14,17,19,21-22H,4-6,8,13,15-16H2,1-3H3,(H,29,33)(H,30,35)(H,31,34)/b11-7-/t19-,21?,22?,27+/m1/s1. The molecule has 1 aliphatic heterocycles. The second-order valence-corrected chi connectivity index (χ2v) is 11.5. The third kappa shape index (κ3) is 8.18. The maximum absolute atomic E-state index is 13.4. The average Bonchev–Trinajstić information content (AvgIpc) is 3.47. The average molecular weight is 563 g/mol. The summed E-state index contributed by atoms with van der Waals surface area (Å²) in [5.74, 6) is -0.943. The summed E-state index contributed by atoms with van der Waals surface area (Å²) in [7, 11) is 0. The molecule has 0 aromatic heterocycles. The number of nitrogens with one attached hydrogen (secondary N) is 3. The van der Waals surface area contributed by atoms with Gasteiger partial charge in [-0.05, 0) is 64.2 Å². The van der Waals surface area contributed by atoms with Crippen LogP contribution in [0, 0.1) is 5.92 Å². The molecule has 1 saturated carbocycles. The van der Waals surface area contributed by atoms with Crippen LogP contribution in [0.3, 0.4) is 0 Å². The van der Waals surface area contributed by atoms with Crippen molar-refractivity contribution in [1.29, 1.82) is 0 Å². The van der Waals surface area contributed by atoms with Crippen molar-refractivity contribution >= 4 is 40.1 Å². The van der Waals surface area contributed by atoms with Gasteiger partial charge in [0, 0.05) is 16.8 Å². The van der Waals surface area contributed by atoms with Crippen LogP contribution in [0.25, 0.3) is 0 Å². The number of ether oxygens (including phenoxy) is 1. The van der Waals surface area contributed by atoms with Crippen molar-refractivity contribution in [2.45, 2.75) is 88.9 Å². The number of carbonyl (C=O) groups is 4. The van der Waals surface area contributed by atoms with E-state index in [0.717, 1.165) is 42.0 Å². The molecule has 36 heavy (non-hydrogen) atoms. The molecule has 1 aliphatic carbocycles. The molecule has 0 saturated heterocycles. The van der Waals surface area contributed by atoms with E-state index in [2.05, 4.69) is 38.0 Å². The van der Waals surface area contributed by atoms with Crippen molar-refractivity contribution in [3.8, 4) is 0 Å². The van der Waals surface area contributed by atoms with Gasteiger partial charge < -0.3 is 25.5 Å². The summed E-state index contributed by atoms with van der Waals surface area (Å²) in [6.07, 6.45) is 8.74. The predicted molar refractivity (Wildman–Crippen MR) is 140 cm³/mol. The molecule has 2 unspecified atom stereocenters. The number of benzene rings is 1. The van der Waals surface area contributed by atoms with Gasteiger partial charge in [-0.2, -0.15) is 0 Å². The maximum Gasteiger partial charge on any atom is 0.408 e. The first-order valence-corrected chi connectivity index (χ1v) is 13.3. The SMILES string of the molecule is CC(C)(C)OC(=O)NC1CCCCC/C=C\[C@@H]2C[C@@]2(C=O)NC(=O)C(Cc2cccc(Br)c2)NC1=O. The summed E-state index contributed by atoms with van der Waals surface area (Å²) >= 11 is 3.44. The van der Waals surface area contributed by atoms with E-state index in [1.807, 2.05) is 30.3 Å². The molecule has 1 fully saturated rings. The molecule has 0 spiro atoms. The minimum absolute atomic E-state index is 0.0483. The van der Waals surface area contributed by atoms with E-state index in [1.165, 1.54) is 0 Å². The van der Waals surface area contributed by atoms with Crippen LogP contribution < -0.4 is 16.0 Å². The van der Waals surface area contributed by atoms with Gasteiger partial charge in [0.05, 0.1) is 0 Å². The van der Waals surface area contributed by atoms with E-state index in [-0.39, 0.29) is 12.3 Å². The summed E-state index contributed by atoms with van der Waals surface area (Å²) < 4.78 is 6.21. The topological polar surface area (TPSA) is 114 Å². The number of fused-ring (bicyclic) bond motifs is 1. The lowest BCUT2D eigenvalue weighted by molar-refractivity contribution is -0.131. The molecule has 4 atom stereocenters. The molecule has 9 heteroatoms. The molecule has 196 valence electrons. The van der Waals surface area contributed by atoms with Crippen LogP contribution >= 0.6 is 15.9 Å². The number of hydrogen-bond donors (Lipinski definition) is 3. The second-order valence-electron chi connectivity index (χ2n) is 10.6. The smallest absolute Gasteiger partial charge is 0.408 e. The van der Waals surface area contributed by atoms with E-state index < -0.39 is 41.1 Å². The van der Waals surface area contributed by atoms with Crippen molar-refractivity contribution in [3.63, 3.8) is 0 Å². The Bertz CT molecular complexity index is 1010. The van der Waals surface area contributed by atoms with Gasteiger partial charge in [-0.15, -0.1) is 0 Å². The Morgan fingerprint density at radius 2 is 2.00 bits per heavy atom. The van der Waals surface area contributed by atoms with Crippen LogP contribution in [-0.2, 0) is 25.5 Å². The highest BCUT2D eigenvalue weighted by molar-refractivity contribution is 9.10. The van der Waals surface area contributed by atoms with Crippen LogP contribution in [0.5, 0.6) is 0 Å². The van der Waals surface area contributed by atoms with Gasteiger partial charge in [0.25, 0.3) is 0 Å². The largest absolute Gasteiger partial charge is 0.444 e. The third-order valence-electron chi connectivity index (χ3n) is 6.33. The molecule has 0 radical (unpaired) electrons. The van der Waals surface area contributed by atoms with Crippen molar-refractivity contribution in [3.05, 3.63) is 46.5 Å². The zero-order valence-electron chi connectivity index (χ0n) is 21.1. The first-order valence-electron chi connectivity index (χ1n) is 12.5. The second kappa shape index (κ2) is 12.0. The molecule has 1 heterocycles. The Kier molecular flexibility index (Phi) is 9.33. The van der Waals surface area contributed by atoms with Crippen molar-refractivity contribution < 1.29 is 23.9 Å². The Balaban J connectivity index is 1.84. The zero-order valence-corrected chi connectivity index (χ0v) is 22.7. The highest BCUT2D eigenvalue weighted by Crippen LogP contribution is 2.43. The van der Waals surface area contributed by atoms with E-state index >= 15 is 0 Å². The monoisotopic (exact) mass is 561 g/mol. The summed E-state index contributed by atoms with van der Waals surface area (Å²) in [5.41, 5.74) is -0.811. The molecular weight excluding hydrogens is 526 g/mol. The molecular formula is C27H36BrN3O5. The fraction of sp³-hybridized carbons (Fsp3) is 0.556. The molecule has 3 amide bonds. The van der Waals surface area contributed by atoms with Crippen molar-refractivity contribution in [2.24, 2.45) is 5.92 Å². The van der Waals surface area contributed by atoms with Crippen LogP contribution in [0.15, 0.2) is 40.9 Å². The first kappa shape index (κ1) is 27.9. The van der Waals surface area contributed by atoms with Crippen molar-refractivity contribution in [2.75, 3.05) is 0 Å². The van der Waals surface area contributed by atoms with Crippen LogP contribution in [0.1, 0.15) is 64.9 Å². The maximum atomic E-state index is 13.4. The number of alkyl carbamates (subject to hydrolysis) is 1. The van der Waals surface area contributed by atoms with Crippen molar-refractivity contribution in [1.82, 2.24) is 16.0 Å². The number of halogens is 1. The van der Waals surface area contributed by atoms with E-state index in [4.69, 9.17) is 4.74 Å². The number of allylic oxidation sites excluding steroid dienone is 1. The molecule has 3 rings (SSSR count). The number of aldehydes is 1. The summed E-state index contributed by atoms with van der Waals surface area (Å²) in [6, 6.07) is 5.70. The Morgan fingerprint density at radius 3 is 2.69 bits per heavy atom. The van der Waals surface area contributed by atoms with Gasteiger partial charge in [-0.3, -0.25) is 9.59 Å². The molecule has 1 aromatic carbocycles. The van der Waals surface area contributed by atoms with E-state index in [1.54, 1.807) is 20.8 Å². The zero-order chi connectivity index (χ0) is 26.3. The first-order chi connectivity index (χ1) is 17.0. The number of amides is 3. The minimum Gasteiger partial charge on any atom is -0.444 e. The fourth-order valence-corrected chi connectivity index (χ4v) is 4.76. The Morgan fingerprint density at radius 1 is 1.22 bits per heavy atom. The van der Waals surface area contributed by atoms with Crippen LogP contribution in [0.2, 0.25) is 0 Å². The fourth-order valence-electron chi connectivity index (χ4n) is 4.32. The number of carbonyl (C=O) groups excluding carboxylic acids is 4. The molecule has 3 N–H and O–H groups in total. The Hall–Kier alpha value is -2.68. The lowest BCUT2D eigenvalue weighted by Gasteiger charge is -2.26. The van der Waals surface area contributed by atoms with Gasteiger partial charge in [0.15, 0.2) is 0 Å². The van der Waals surface area contributed by atoms with Crippen LogP contribution in [0.4, 0.5) is 4.79 Å². The van der Waals surface area contributed by atoms with Crippen LogP contribution in [-0.4, -0.2) is 47.4 Å². The minimum atomic E-state index is -0.942. The highest BCUT2D eigenvalue weighted by atomic mass is 79.9. The summed E-state index contributed by atoms with van der Waals surface area (Å²) in [6.45, 7) is 5.26. The van der Waals surface area contributed by atoms with Gasteiger partial charge >= 0.3 is 6.09 Å². The lowest BCUT2D eigenvalue weighted by Crippen LogP contribution is -2.56. The molecule has 8 nitrogen and oxygen atoms in total. The quantitative estimate of drug-likeness (QED) is 0.380. The normalized spacial score (nSPS) is 28.3. The predicted octanol–water partition coefficient (Wildman–Crippen LogP) is 3.96. The summed E-state index contributed by atoms with van der Waals surface area (Å²) in [4.78, 5) is 51.1. The lowest BCUT2D eigenvalue weighted by atomic mass is 10.0. The van der Waals surface area contributed by atoms with Gasteiger partial charge in [0.1, 0.15) is 29.5 Å². The molecule has 2 aliphatic rings. The highest BCUT2D eigenvalue weighted by Gasteiger charge is 2.54. The number of rotatable bonds is 4. The third-order valence-corrected chi connectivity index (χ3v) is 6.82. The Labute approximate surface area is 221 Å².